The van der Waals surface area contributed by atoms with Gasteiger partial charge in [-0.15, -0.1) is 0 Å². The van der Waals surface area contributed by atoms with Crippen LogP contribution in [0.4, 0.5) is 0 Å². The summed E-state index contributed by atoms with van der Waals surface area (Å²) in [4.78, 5) is 0. The zero-order valence-electron chi connectivity index (χ0n) is 12.8. The normalized spacial score (nSPS) is 14.9. The van der Waals surface area contributed by atoms with E-state index in [1.807, 2.05) is 0 Å². The van der Waals surface area contributed by atoms with Crippen LogP contribution in [0.5, 0.6) is 5.75 Å². The maximum absolute atomic E-state index is 5.60. The summed E-state index contributed by atoms with van der Waals surface area (Å²) in [5.74, 6) is 1.06. The van der Waals surface area contributed by atoms with Crippen LogP contribution in [0, 0.1) is 0 Å². The van der Waals surface area contributed by atoms with Crippen molar-refractivity contribution in [1.82, 2.24) is 5.32 Å². The van der Waals surface area contributed by atoms with Crippen molar-refractivity contribution >= 4 is 0 Å². The second-order valence-electron chi connectivity index (χ2n) is 5.35. The lowest BCUT2D eigenvalue weighted by molar-refractivity contribution is 0.130. The highest BCUT2D eigenvalue weighted by atomic mass is 16.5. The third-order valence-electron chi connectivity index (χ3n) is 3.80. The maximum atomic E-state index is 5.60. The van der Waals surface area contributed by atoms with E-state index in [0.717, 1.165) is 51.4 Å². The highest BCUT2D eigenvalue weighted by Gasteiger charge is 2.15. The number of rotatable bonds is 9. The highest BCUT2D eigenvalue weighted by Crippen LogP contribution is 2.28. The molecular formula is C17H27NO2. The van der Waals surface area contributed by atoms with Gasteiger partial charge in [0.05, 0.1) is 13.2 Å². The van der Waals surface area contributed by atoms with Crippen molar-refractivity contribution in [2.24, 2.45) is 0 Å². The van der Waals surface area contributed by atoms with Crippen molar-refractivity contribution < 1.29 is 9.47 Å². The van der Waals surface area contributed by atoms with E-state index >= 15 is 0 Å². The number of fused-ring (bicyclic) bond motifs is 1. The van der Waals surface area contributed by atoms with Crippen LogP contribution in [0.15, 0.2) is 18.2 Å². The molecule has 0 radical (unpaired) electrons. The molecule has 0 bridgehead atoms. The van der Waals surface area contributed by atoms with E-state index < -0.39 is 0 Å². The van der Waals surface area contributed by atoms with Gasteiger partial charge in [0.15, 0.2) is 0 Å². The first-order valence-electron chi connectivity index (χ1n) is 7.92. The largest absolute Gasteiger partial charge is 0.493 e. The first kappa shape index (κ1) is 15.3. The van der Waals surface area contributed by atoms with Crippen LogP contribution in [0.3, 0.4) is 0 Å². The van der Waals surface area contributed by atoms with Crippen LogP contribution in [0.2, 0.25) is 0 Å². The minimum atomic E-state index is 0.413. The van der Waals surface area contributed by atoms with Gasteiger partial charge in [-0.05, 0) is 30.0 Å². The summed E-state index contributed by atoms with van der Waals surface area (Å²) in [6, 6.07) is 7.00. The lowest BCUT2D eigenvalue weighted by Crippen LogP contribution is -2.25. The molecule has 20 heavy (non-hydrogen) atoms. The lowest BCUT2D eigenvalue weighted by atomic mass is 10.0. The smallest absolute Gasteiger partial charge is 0.122 e. The van der Waals surface area contributed by atoms with Gasteiger partial charge in [-0.2, -0.15) is 0 Å². The fraction of sp³-hybridized carbons (Fsp3) is 0.647. The molecule has 0 aromatic heterocycles. The zero-order chi connectivity index (χ0) is 14.2. The molecule has 2 rings (SSSR count). The summed E-state index contributed by atoms with van der Waals surface area (Å²) in [5.41, 5.74) is 2.72. The first-order valence-corrected chi connectivity index (χ1v) is 7.92. The third kappa shape index (κ3) is 4.22. The van der Waals surface area contributed by atoms with Gasteiger partial charge in [0, 0.05) is 25.6 Å². The van der Waals surface area contributed by atoms with Crippen LogP contribution < -0.4 is 10.1 Å². The summed E-state index contributed by atoms with van der Waals surface area (Å²) in [6.45, 7) is 7.82. The minimum Gasteiger partial charge on any atom is -0.493 e. The molecule has 0 spiro atoms. The Bertz CT molecular complexity index is 406. The van der Waals surface area contributed by atoms with Gasteiger partial charge in [0.25, 0.3) is 0 Å². The average molecular weight is 277 g/mol. The molecule has 3 heteroatoms. The standard InChI is InChI=1S/C17H27NO2/c1-3-5-10-19-12-9-18-16(4-2)14-6-7-17-15(13-14)8-11-20-17/h6-7,13,16,18H,3-5,8-12H2,1-2H3. The van der Waals surface area contributed by atoms with E-state index in [-0.39, 0.29) is 0 Å². The van der Waals surface area contributed by atoms with Crippen LogP contribution in [0.1, 0.15) is 50.3 Å². The molecule has 0 fully saturated rings. The molecule has 1 aliphatic rings. The molecule has 1 aromatic carbocycles. The second kappa shape index (κ2) is 8.28. The van der Waals surface area contributed by atoms with Crippen molar-refractivity contribution in [3.05, 3.63) is 29.3 Å². The van der Waals surface area contributed by atoms with E-state index in [2.05, 4.69) is 37.4 Å². The topological polar surface area (TPSA) is 30.5 Å². The third-order valence-corrected chi connectivity index (χ3v) is 3.80. The number of nitrogens with one attached hydrogen (secondary N) is 1. The Balaban J connectivity index is 1.79. The highest BCUT2D eigenvalue weighted by molar-refractivity contribution is 5.40. The number of hydrogen-bond donors (Lipinski definition) is 1. The second-order valence-corrected chi connectivity index (χ2v) is 5.35. The molecule has 1 N–H and O–H groups in total. The molecule has 0 aliphatic carbocycles. The summed E-state index contributed by atoms with van der Waals surface area (Å²) < 4.78 is 11.2. The molecule has 1 unspecified atom stereocenters. The minimum absolute atomic E-state index is 0.413. The van der Waals surface area contributed by atoms with E-state index in [9.17, 15) is 0 Å². The Labute approximate surface area is 122 Å². The summed E-state index contributed by atoms with van der Waals surface area (Å²) in [7, 11) is 0. The Morgan fingerprint density at radius 2 is 2.20 bits per heavy atom. The van der Waals surface area contributed by atoms with Gasteiger partial charge in [0.2, 0.25) is 0 Å². The van der Waals surface area contributed by atoms with E-state index in [4.69, 9.17) is 9.47 Å². The Morgan fingerprint density at radius 1 is 1.30 bits per heavy atom. The van der Waals surface area contributed by atoms with Crippen molar-refractivity contribution in [3.63, 3.8) is 0 Å². The quantitative estimate of drug-likeness (QED) is 0.701. The van der Waals surface area contributed by atoms with Gasteiger partial charge in [-0.3, -0.25) is 0 Å². The number of ether oxygens (including phenoxy) is 2. The monoisotopic (exact) mass is 277 g/mol. The Hall–Kier alpha value is -1.06. The number of hydrogen-bond acceptors (Lipinski definition) is 3. The Kier molecular flexibility index (Phi) is 6.34. The molecule has 0 saturated heterocycles. The van der Waals surface area contributed by atoms with Crippen molar-refractivity contribution in [2.45, 2.75) is 45.6 Å². The van der Waals surface area contributed by atoms with Crippen LogP contribution in [-0.2, 0) is 11.2 Å². The molecule has 1 aliphatic heterocycles. The molecule has 3 nitrogen and oxygen atoms in total. The average Bonchev–Trinajstić information content (AvgIpc) is 2.94. The number of unbranched alkanes of at least 4 members (excludes halogenated alkanes) is 1. The lowest BCUT2D eigenvalue weighted by Gasteiger charge is -2.18. The molecule has 1 heterocycles. The van der Waals surface area contributed by atoms with E-state index in [1.54, 1.807) is 0 Å². The van der Waals surface area contributed by atoms with Crippen molar-refractivity contribution in [3.8, 4) is 5.75 Å². The molecule has 1 aromatic rings. The zero-order valence-corrected chi connectivity index (χ0v) is 12.8. The van der Waals surface area contributed by atoms with Crippen LogP contribution >= 0.6 is 0 Å². The fourth-order valence-electron chi connectivity index (χ4n) is 2.57. The SMILES string of the molecule is CCCCOCCNC(CC)c1ccc2c(c1)CCO2. The summed E-state index contributed by atoms with van der Waals surface area (Å²) in [5, 5.41) is 3.59. The predicted octanol–water partition coefficient (Wildman–Crippen LogP) is 3.48. The molecule has 0 amide bonds. The van der Waals surface area contributed by atoms with Crippen LogP contribution in [0.25, 0.3) is 0 Å². The van der Waals surface area contributed by atoms with Crippen molar-refractivity contribution in [1.29, 1.82) is 0 Å². The molecular weight excluding hydrogens is 250 g/mol. The maximum Gasteiger partial charge on any atom is 0.122 e. The van der Waals surface area contributed by atoms with Gasteiger partial charge in [-0.1, -0.05) is 32.4 Å². The van der Waals surface area contributed by atoms with Gasteiger partial charge in [-0.25, -0.2) is 0 Å². The molecule has 112 valence electrons. The summed E-state index contributed by atoms with van der Waals surface area (Å²) >= 11 is 0. The molecule has 1 atom stereocenters. The van der Waals surface area contributed by atoms with Gasteiger partial charge >= 0.3 is 0 Å². The predicted molar refractivity (Wildman–Crippen MR) is 82.4 cm³/mol. The first-order chi connectivity index (χ1) is 9.85. The van der Waals surface area contributed by atoms with Gasteiger partial charge in [0.1, 0.15) is 5.75 Å². The number of benzene rings is 1. The molecule has 0 saturated carbocycles. The summed E-state index contributed by atoms with van der Waals surface area (Å²) in [6.07, 6.45) is 4.48. The van der Waals surface area contributed by atoms with E-state index in [0.29, 0.717) is 6.04 Å². The Morgan fingerprint density at radius 3 is 3.00 bits per heavy atom. The van der Waals surface area contributed by atoms with Crippen LogP contribution in [-0.4, -0.2) is 26.4 Å². The van der Waals surface area contributed by atoms with E-state index in [1.165, 1.54) is 17.5 Å². The van der Waals surface area contributed by atoms with Crippen molar-refractivity contribution in [2.75, 3.05) is 26.4 Å². The fourth-order valence-corrected chi connectivity index (χ4v) is 2.57. The van der Waals surface area contributed by atoms with Gasteiger partial charge < -0.3 is 14.8 Å².